The van der Waals surface area contributed by atoms with Gasteiger partial charge in [-0.1, -0.05) is 30.3 Å². The summed E-state index contributed by atoms with van der Waals surface area (Å²) in [7, 11) is 3.87. The van der Waals surface area contributed by atoms with Crippen molar-refractivity contribution in [3.05, 3.63) is 35.9 Å². The number of likely N-dealkylation sites (tertiary alicyclic amines) is 2. The van der Waals surface area contributed by atoms with Crippen LogP contribution in [0.1, 0.15) is 31.2 Å². The van der Waals surface area contributed by atoms with Crippen LogP contribution >= 0.6 is 0 Å². The van der Waals surface area contributed by atoms with Gasteiger partial charge in [0.2, 0.25) is 11.8 Å². The van der Waals surface area contributed by atoms with Gasteiger partial charge in [0.1, 0.15) is 0 Å². The Balaban J connectivity index is 1.41. The van der Waals surface area contributed by atoms with E-state index in [9.17, 15) is 9.59 Å². The highest BCUT2D eigenvalue weighted by molar-refractivity contribution is 5.79. The van der Waals surface area contributed by atoms with Crippen molar-refractivity contribution in [2.45, 2.75) is 38.1 Å². The molecule has 0 radical (unpaired) electrons. The number of hydrogen-bond donors (Lipinski definition) is 1. The molecular weight excluding hydrogens is 364 g/mol. The molecule has 6 heteroatoms. The van der Waals surface area contributed by atoms with Gasteiger partial charge in [-0.25, -0.2) is 0 Å². The van der Waals surface area contributed by atoms with Gasteiger partial charge in [-0.05, 0) is 58.3 Å². The summed E-state index contributed by atoms with van der Waals surface area (Å²) in [5, 5.41) is 3.14. The lowest BCUT2D eigenvalue weighted by Crippen LogP contribution is -2.52. The Morgan fingerprint density at radius 2 is 1.79 bits per heavy atom. The molecule has 160 valence electrons. The van der Waals surface area contributed by atoms with Gasteiger partial charge in [-0.2, -0.15) is 0 Å². The van der Waals surface area contributed by atoms with Gasteiger partial charge >= 0.3 is 0 Å². The van der Waals surface area contributed by atoms with Gasteiger partial charge in [0.15, 0.2) is 0 Å². The van der Waals surface area contributed by atoms with E-state index >= 15 is 0 Å². The number of carbonyl (C=O) groups excluding carboxylic acids is 2. The molecule has 0 bridgehead atoms. The Morgan fingerprint density at radius 3 is 2.48 bits per heavy atom. The van der Waals surface area contributed by atoms with Gasteiger partial charge in [-0.15, -0.1) is 0 Å². The molecule has 2 saturated heterocycles. The average Bonchev–Trinajstić information content (AvgIpc) is 2.74. The fraction of sp³-hybridized carbons (Fsp3) is 0.652. The van der Waals surface area contributed by atoms with Crippen LogP contribution in [-0.2, 0) is 16.0 Å². The fourth-order valence-electron chi connectivity index (χ4n) is 4.52. The third kappa shape index (κ3) is 6.54. The van der Waals surface area contributed by atoms with Crippen LogP contribution in [0.4, 0.5) is 0 Å². The molecule has 1 aromatic carbocycles. The smallest absolute Gasteiger partial charge is 0.236 e. The van der Waals surface area contributed by atoms with Crippen LogP contribution in [-0.4, -0.2) is 85.9 Å². The van der Waals surface area contributed by atoms with E-state index in [-0.39, 0.29) is 17.7 Å². The maximum atomic E-state index is 12.7. The van der Waals surface area contributed by atoms with E-state index < -0.39 is 0 Å². The van der Waals surface area contributed by atoms with Gasteiger partial charge in [0.25, 0.3) is 0 Å². The second-order valence-electron chi connectivity index (χ2n) is 8.71. The number of likely N-dealkylation sites (N-methyl/N-ethyl adjacent to an activating group) is 1. The van der Waals surface area contributed by atoms with Crippen molar-refractivity contribution < 1.29 is 9.59 Å². The molecule has 6 nitrogen and oxygen atoms in total. The number of hydrogen-bond acceptors (Lipinski definition) is 4. The average molecular weight is 401 g/mol. The van der Waals surface area contributed by atoms with E-state index in [4.69, 9.17) is 0 Å². The minimum atomic E-state index is 0.0907. The summed E-state index contributed by atoms with van der Waals surface area (Å²) in [5.74, 6) is 0.514. The maximum absolute atomic E-state index is 12.7. The third-order valence-corrected chi connectivity index (χ3v) is 6.16. The lowest BCUT2D eigenvalue weighted by Gasteiger charge is -2.42. The summed E-state index contributed by atoms with van der Waals surface area (Å²) in [5.41, 5.74) is 1.26. The number of rotatable bonds is 7. The summed E-state index contributed by atoms with van der Waals surface area (Å²) < 4.78 is 0. The van der Waals surface area contributed by atoms with E-state index in [1.807, 2.05) is 42.1 Å². The first-order chi connectivity index (χ1) is 14.0. The third-order valence-electron chi connectivity index (χ3n) is 6.16. The Labute approximate surface area is 175 Å². The number of carbonyl (C=O) groups is 2. The summed E-state index contributed by atoms with van der Waals surface area (Å²) in [6, 6.07) is 10.8. The first-order valence-corrected chi connectivity index (χ1v) is 11.0. The number of nitrogens with zero attached hydrogens (tertiary/aromatic N) is 3. The molecule has 1 aromatic rings. The van der Waals surface area contributed by atoms with Crippen LogP contribution in [0.15, 0.2) is 30.3 Å². The zero-order valence-electron chi connectivity index (χ0n) is 18.0. The van der Waals surface area contributed by atoms with Crippen molar-refractivity contribution >= 4 is 11.8 Å². The van der Waals surface area contributed by atoms with Crippen molar-refractivity contribution in [3.63, 3.8) is 0 Å². The van der Waals surface area contributed by atoms with Crippen LogP contribution in [0, 0.1) is 5.92 Å². The van der Waals surface area contributed by atoms with Crippen LogP contribution in [0.25, 0.3) is 0 Å². The SMILES string of the molecule is CN(C)CC(=O)N1CCC(N2CCCC(C(=O)NCCc3ccccc3)C2)CC1. The topological polar surface area (TPSA) is 55.9 Å². The second-order valence-corrected chi connectivity index (χ2v) is 8.71. The molecule has 0 spiro atoms. The fourth-order valence-corrected chi connectivity index (χ4v) is 4.52. The molecule has 1 N–H and O–H groups in total. The molecule has 2 heterocycles. The van der Waals surface area contributed by atoms with E-state index in [2.05, 4.69) is 22.3 Å². The van der Waals surface area contributed by atoms with Crippen molar-refractivity contribution in [2.75, 3.05) is 53.4 Å². The number of piperidine rings is 2. The summed E-state index contributed by atoms with van der Waals surface area (Å²) in [4.78, 5) is 31.3. The largest absolute Gasteiger partial charge is 0.355 e. The highest BCUT2D eigenvalue weighted by Crippen LogP contribution is 2.24. The number of amides is 2. The van der Waals surface area contributed by atoms with Crippen molar-refractivity contribution in [1.29, 1.82) is 0 Å². The Hall–Kier alpha value is -1.92. The van der Waals surface area contributed by atoms with E-state index in [0.29, 0.717) is 19.1 Å². The molecule has 1 atom stereocenters. The molecular formula is C23H36N4O2. The molecule has 29 heavy (non-hydrogen) atoms. The van der Waals surface area contributed by atoms with Crippen LogP contribution < -0.4 is 5.32 Å². The molecule has 3 rings (SSSR count). The Kier molecular flexibility index (Phi) is 8.07. The van der Waals surface area contributed by atoms with Crippen molar-refractivity contribution in [1.82, 2.24) is 20.0 Å². The highest BCUT2D eigenvalue weighted by atomic mass is 16.2. The first-order valence-electron chi connectivity index (χ1n) is 11.0. The van der Waals surface area contributed by atoms with Gasteiger partial charge in [-0.3, -0.25) is 14.5 Å². The Morgan fingerprint density at radius 1 is 1.07 bits per heavy atom. The molecule has 2 amide bonds. The zero-order valence-corrected chi connectivity index (χ0v) is 18.0. The normalized spacial score (nSPS) is 21.3. The molecule has 1 unspecified atom stereocenters. The Bertz CT molecular complexity index is 656. The van der Waals surface area contributed by atoms with Crippen molar-refractivity contribution in [3.8, 4) is 0 Å². The van der Waals surface area contributed by atoms with Gasteiger partial charge < -0.3 is 15.1 Å². The number of nitrogens with one attached hydrogen (secondary N) is 1. The summed E-state index contributed by atoms with van der Waals surface area (Å²) in [6.07, 6.45) is 4.97. The quantitative estimate of drug-likeness (QED) is 0.756. The lowest BCUT2D eigenvalue weighted by atomic mass is 9.93. The van der Waals surface area contributed by atoms with Crippen LogP contribution in [0.5, 0.6) is 0 Å². The van der Waals surface area contributed by atoms with Crippen LogP contribution in [0.2, 0.25) is 0 Å². The van der Waals surface area contributed by atoms with Crippen LogP contribution in [0.3, 0.4) is 0 Å². The van der Waals surface area contributed by atoms with Gasteiger partial charge in [0.05, 0.1) is 12.5 Å². The second kappa shape index (κ2) is 10.7. The highest BCUT2D eigenvalue weighted by Gasteiger charge is 2.32. The minimum Gasteiger partial charge on any atom is -0.355 e. The summed E-state index contributed by atoms with van der Waals surface area (Å²) in [6.45, 7) is 4.78. The predicted octanol–water partition coefficient (Wildman–Crippen LogP) is 1.61. The lowest BCUT2D eigenvalue weighted by molar-refractivity contribution is -0.133. The molecule has 0 aliphatic carbocycles. The monoisotopic (exact) mass is 400 g/mol. The number of benzene rings is 1. The van der Waals surface area contributed by atoms with E-state index in [1.54, 1.807) is 0 Å². The maximum Gasteiger partial charge on any atom is 0.236 e. The minimum absolute atomic E-state index is 0.0907. The zero-order chi connectivity index (χ0) is 20.6. The van der Waals surface area contributed by atoms with Gasteiger partial charge in [0, 0.05) is 32.2 Å². The summed E-state index contributed by atoms with van der Waals surface area (Å²) >= 11 is 0. The standard InChI is InChI=1S/C23H36N4O2/c1-25(2)18-22(28)26-15-11-21(12-16-26)27-14-6-9-20(17-27)23(29)24-13-10-19-7-4-3-5-8-19/h3-5,7-8,20-21H,6,9-18H2,1-2H3,(H,24,29). The predicted molar refractivity (Wildman–Crippen MR) is 116 cm³/mol. The molecule has 2 aliphatic rings. The molecule has 2 fully saturated rings. The molecule has 0 aromatic heterocycles. The van der Waals surface area contributed by atoms with Crippen molar-refractivity contribution in [2.24, 2.45) is 5.92 Å². The first kappa shape index (κ1) is 21.8. The molecule has 2 aliphatic heterocycles. The molecule has 0 saturated carbocycles. The van der Waals surface area contributed by atoms with E-state index in [1.165, 1.54) is 5.56 Å². The van der Waals surface area contributed by atoms with E-state index in [0.717, 1.165) is 58.3 Å².